The average molecular weight is 481 g/mol. The molecule has 0 radical (unpaired) electrons. The largest absolute Gasteiger partial charge is 0.358 e. The Labute approximate surface area is 207 Å². The van der Waals surface area contributed by atoms with Crippen LogP contribution in [-0.2, 0) is 4.84 Å². The molecule has 35 heavy (non-hydrogen) atoms. The summed E-state index contributed by atoms with van der Waals surface area (Å²) >= 11 is 0. The smallest absolute Gasteiger partial charge is 0.274 e. The SMILES string of the molecule is CONC(=O)c1ccc(C)c(Nc2nc(N(C)CC(C)C)c(C#N)c(N3CCCN(C)CC3)n2)c1. The molecule has 1 fully saturated rings. The van der Waals surface area contributed by atoms with Gasteiger partial charge in [-0.05, 0) is 50.6 Å². The maximum absolute atomic E-state index is 12.3. The van der Waals surface area contributed by atoms with E-state index < -0.39 is 0 Å². The van der Waals surface area contributed by atoms with E-state index in [1.165, 1.54) is 7.11 Å². The van der Waals surface area contributed by atoms with Gasteiger partial charge in [-0.1, -0.05) is 19.9 Å². The van der Waals surface area contributed by atoms with Crippen molar-refractivity contribution in [2.24, 2.45) is 5.92 Å². The van der Waals surface area contributed by atoms with Crippen molar-refractivity contribution in [3.8, 4) is 6.07 Å². The van der Waals surface area contributed by atoms with E-state index in [0.717, 1.165) is 44.7 Å². The lowest BCUT2D eigenvalue weighted by Crippen LogP contribution is -2.32. The van der Waals surface area contributed by atoms with Gasteiger partial charge >= 0.3 is 0 Å². The average Bonchev–Trinajstić information content (AvgIpc) is 3.04. The maximum Gasteiger partial charge on any atom is 0.274 e. The molecule has 0 atom stereocenters. The van der Waals surface area contributed by atoms with E-state index in [0.29, 0.717) is 40.3 Å². The van der Waals surface area contributed by atoms with Crippen LogP contribution >= 0.6 is 0 Å². The molecule has 10 heteroatoms. The quantitative estimate of drug-likeness (QED) is 0.551. The first-order valence-corrected chi connectivity index (χ1v) is 11.9. The molecule has 1 aliphatic rings. The van der Waals surface area contributed by atoms with Crippen LogP contribution < -0.4 is 20.6 Å². The molecule has 10 nitrogen and oxygen atoms in total. The number of carbonyl (C=O) groups excluding carboxylic acids is 1. The van der Waals surface area contributed by atoms with Crippen LogP contribution in [0, 0.1) is 24.2 Å². The zero-order valence-electron chi connectivity index (χ0n) is 21.6. The summed E-state index contributed by atoms with van der Waals surface area (Å²) in [4.78, 5) is 33.1. The minimum atomic E-state index is -0.344. The van der Waals surface area contributed by atoms with E-state index in [-0.39, 0.29) is 5.91 Å². The third-order valence-electron chi connectivity index (χ3n) is 5.94. The van der Waals surface area contributed by atoms with E-state index in [9.17, 15) is 10.1 Å². The van der Waals surface area contributed by atoms with Crippen molar-refractivity contribution < 1.29 is 9.63 Å². The van der Waals surface area contributed by atoms with E-state index >= 15 is 0 Å². The third-order valence-corrected chi connectivity index (χ3v) is 5.94. The zero-order valence-corrected chi connectivity index (χ0v) is 21.6. The van der Waals surface area contributed by atoms with Gasteiger partial charge in [0.05, 0.1) is 7.11 Å². The summed E-state index contributed by atoms with van der Waals surface area (Å²) in [5.74, 6) is 1.66. The van der Waals surface area contributed by atoms with Crippen molar-refractivity contribution in [3.05, 3.63) is 34.9 Å². The molecule has 0 bridgehead atoms. The Balaban J connectivity index is 2.06. The molecule has 1 aliphatic heterocycles. The molecule has 2 aromatic rings. The summed E-state index contributed by atoms with van der Waals surface area (Å²) in [6.07, 6.45) is 0.987. The highest BCUT2D eigenvalue weighted by molar-refractivity contribution is 5.94. The summed E-state index contributed by atoms with van der Waals surface area (Å²) in [6, 6.07) is 7.70. The highest BCUT2D eigenvalue weighted by Crippen LogP contribution is 2.30. The Morgan fingerprint density at radius 3 is 2.71 bits per heavy atom. The number of nitrogens with zero attached hydrogens (tertiary/aromatic N) is 6. The lowest BCUT2D eigenvalue weighted by Gasteiger charge is -2.27. The molecule has 0 spiro atoms. The number of likely N-dealkylation sites (N-methyl/N-ethyl adjacent to an activating group) is 1. The van der Waals surface area contributed by atoms with E-state index in [1.54, 1.807) is 12.1 Å². The number of nitriles is 1. The van der Waals surface area contributed by atoms with Crippen LogP contribution in [0.3, 0.4) is 0 Å². The van der Waals surface area contributed by atoms with E-state index in [2.05, 4.69) is 47.6 Å². The van der Waals surface area contributed by atoms with Crippen molar-refractivity contribution in [1.82, 2.24) is 20.3 Å². The Hall–Kier alpha value is -3.42. The number of amides is 1. The summed E-state index contributed by atoms with van der Waals surface area (Å²) in [6.45, 7) is 10.5. The predicted molar refractivity (Wildman–Crippen MR) is 138 cm³/mol. The number of benzene rings is 1. The Bertz CT molecular complexity index is 1080. The maximum atomic E-state index is 12.3. The molecule has 1 aromatic carbocycles. The molecule has 0 aliphatic carbocycles. The molecule has 1 amide bonds. The van der Waals surface area contributed by atoms with Gasteiger partial charge in [-0.15, -0.1) is 0 Å². The summed E-state index contributed by atoms with van der Waals surface area (Å²) in [5, 5.41) is 13.4. The zero-order chi connectivity index (χ0) is 25.5. The Kier molecular flexibility index (Phi) is 8.84. The van der Waals surface area contributed by atoms with Crippen molar-refractivity contribution in [1.29, 1.82) is 5.26 Å². The van der Waals surface area contributed by atoms with Gasteiger partial charge in [0.2, 0.25) is 5.95 Å². The van der Waals surface area contributed by atoms with Crippen LogP contribution in [-0.4, -0.2) is 74.7 Å². The fraction of sp³-hybridized carbons (Fsp3) is 0.520. The van der Waals surface area contributed by atoms with Crippen LogP contribution in [0.2, 0.25) is 0 Å². The lowest BCUT2D eigenvalue weighted by molar-refractivity contribution is 0.0537. The number of hydroxylamine groups is 1. The minimum Gasteiger partial charge on any atom is -0.358 e. The van der Waals surface area contributed by atoms with E-state index in [1.807, 2.05) is 24.9 Å². The van der Waals surface area contributed by atoms with Crippen LogP contribution in [0.15, 0.2) is 18.2 Å². The van der Waals surface area contributed by atoms with Gasteiger partial charge in [0, 0.05) is 44.5 Å². The van der Waals surface area contributed by atoms with Gasteiger partial charge in [0.1, 0.15) is 11.6 Å². The monoisotopic (exact) mass is 480 g/mol. The van der Waals surface area contributed by atoms with E-state index in [4.69, 9.17) is 14.8 Å². The molecule has 0 saturated carbocycles. The Morgan fingerprint density at radius 2 is 2.03 bits per heavy atom. The second-order valence-corrected chi connectivity index (χ2v) is 9.39. The molecule has 0 unspecified atom stereocenters. The molecule has 2 heterocycles. The van der Waals surface area contributed by atoms with Gasteiger partial charge < -0.3 is 20.0 Å². The minimum absolute atomic E-state index is 0.344. The second-order valence-electron chi connectivity index (χ2n) is 9.39. The number of aryl methyl sites for hydroxylation is 1. The van der Waals surface area contributed by atoms with Crippen molar-refractivity contribution in [2.45, 2.75) is 27.2 Å². The highest BCUT2D eigenvalue weighted by atomic mass is 16.6. The fourth-order valence-corrected chi connectivity index (χ4v) is 4.16. The second kappa shape index (κ2) is 11.8. The first-order chi connectivity index (χ1) is 16.7. The van der Waals surface area contributed by atoms with Crippen molar-refractivity contribution in [3.63, 3.8) is 0 Å². The summed E-state index contributed by atoms with van der Waals surface area (Å²) in [5.41, 5.74) is 4.90. The van der Waals surface area contributed by atoms with Crippen molar-refractivity contribution >= 4 is 29.2 Å². The number of hydrogen-bond acceptors (Lipinski definition) is 9. The van der Waals surface area contributed by atoms with Gasteiger partial charge in [-0.3, -0.25) is 9.63 Å². The van der Waals surface area contributed by atoms with Crippen LogP contribution in [0.4, 0.5) is 23.3 Å². The highest BCUT2D eigenvalue weighted by Gasteiger charge is 2.24. The standard InChI is InChI=1S/C25H36N8O2/c1-17(2)16-32(5)22-20(15-26)23(33-11-7-10-31(4)12-13-33)29-25(28-22)27-21-14-19(9-8-18(21)3)24(34)30-35-6/h8-9,14,17H,7,10-13,16H2,1-6H3,(H,30,34)(H,27,28,29). The first-order valence-electron chi connectivity index (χ1n) is 11.9. The summed E-state index contributed by atoms with van der Waals surface area (Å²) in [7, 11) is 5.46. The molecule has 2 N–H and O–H groups in total. The topological polar surface area (TPSA) is 110 Å². The van der Waals surface area contributed by atoms with Gasteiger partial charge in [-0.25, -0.2) is 5.48 Å². The van der Waals surface area contributed by atoms with Gasteiger partial charge in [0.25, 0.3) is 5.91 Å². The normalized spacial score (nSPS) is 14.4. The predicted octanol–water partition coefficient (Wildman–Crippen LogP) is 2.93. The Morgan fingerprint density at radius 1 is 1.26 bits per heavy atom. The van der Waals surface area contributed by atoms with Crippen LogP contribution in [0.25, 0.3) is 0 Å². The van der Waals surface area contributed by atoms with Gasteiger partial charge in [0.15, 0.2) is 11.6 Å². The number of rotatable bonds is 8. The molecular formula is C25H36N8O2. The molecular weight excluding hydrogens is 444 g/mol. The van der Waals surface area contributed by atoms with Crippen molar-refractivity contribution in [2.75, 3.05) is 69.0 Å². The summed E-state index contributed by atoms with van der Waals surface area (Å²) < 4.78 is 0. The number of aromatic nitrogens is 2. The first kappa shape index (κ1) is 26.2. The molecule has 1 aromatic heterocycles. The molecule has 1 saturated heterocycles. The molecule has 188 valence electrons. The molecule has 3 rings (SSSR count). The number of hydrogen-bond donors (Lipinski definition) is 2. The van der Waals surface area contributed by atoms with Crippen LogP contribution in [0.5, 0.6) is 0 Å². The number of carbonyl (C=O) groups is 1. The number of anilines is 4. The lowest BCUT2D eigenvalue weighted by atomic mass is 10.1. The van der Waals surface area contributed by atoms with Crippen LogP contribution in [0.1, 0.15) is 41.8 Å². The van der Waals surface area contributed by atoms with Gasteiger partial charge in [-0.2, -0.15) is 15.2 Å². The fourth-order valence-electron chi connectivity index (χ4n) is 4.16. The third kappa shape index (κ3) is 6.59. The number of nitrogens with one attached hydrogen (secondary N) is 2.